The molecule has 1 unspecified atom stereocenters. The van der Waals surface area contributed by atoms with E-state index in [2.05, 4.69) is 22.5 Å². The van der Waals surface area contributed by atoms with E-state index in [1.165, 1.54) is 45.3 Å². The molecule has 1 saturated carbocycles. The molecule has 116 valence electrons. The van der Waals surface area contributed by atoms with E-state index >= 15 is 0 Å². The van der Waals surface area contributed by atoms with E-state index in [9.17, 15) is 4.79 Å². The lowest BCUT2D eigenvalue weighted by Crippen LogP contribution is -2.47. The van der Waals surface area contributed by atoms with Crippen LogP contribution in [-0.2, 0) is 4.79 Å². The summed E-state index contributed by atoms with van der Waals surface area (Å²) in [5.74, 6) is 0.919. The molecular weight excluding hydrogens is 250 g/mol. The van der Waals surface area contributed by atoms with Gasteiger partial charge in [-0.3, -0.25) is 4.79 Å². The van der Waals surface area contributed by atoms with Gasteiger partial charge in [-0.1, -0.05) is 19.8 Å². The lowest BCUT2D eigenvalue weighted by atomic mass is 9.96. The predicted octanol–water partition coefficient (Wildman–Crippen LogP) is 1.76. The Labute approximate surface area is 123 Å². The van der Waals surface area contributed by atoms with Gasteiger partial charge >= 0.3 is 0 Å². The minimum Gasteiger partial charge on any atom is -0.352 e. The first kappa shape index (κ1) is 15.8. The summed E-state index contributed by atoms with van der Waals surface area (Å²) < 4.78 is 0. The molecule has 0 bridgehead atoms. The highest BCUT2D eigenvalue weighted by molar-refractivity contribution is 5.81. The van der Waals surface area contributed by atoms with Crippen molar-refractivity contribution in [2.75, 3.05) is 26.2 Å². The second-order valence-electron chi connectivity index (χ2n) is 6.50. The van der Waals surface area contributed by atoms with Gasteiger partial charge in [0.15, 0.2) is 0 Å². The fraction of sp³-hybridized carbons (Fsp3) is 0.938. The second-order valence-corrected chi connectivity index (χ2v) is 6.50. The van der Waals surface area contributed by atoms with Crippen LogP contribution in [0.4, 0.5) is 0 Å². The van der Waals surface area contributed by atoms with Gasteiger partial charge in [-0.2, -0.15) is 0 Å². The minimum absolute atomic E-state index is 0.0557. The van der Waals surface area contributed by atoms with Crippen LogP contribution in [0.5, 0.6) is 0 Å². The largest absolute Gasteiger partial charge is 0.352 e. The van der Waals surface area contributed by atoms with Crippen LogP contribution in [0.3, 0.4) is 0 Å². The van der Waals surface area contributed by atoms with Crippen LogP contribution in [0.25, 0.3) is 0 Å². The third-order valence-electron chi connectivity index (χ3n) is 4.96. The van der Waals surface area contributed by atoms with Gasteiger partial charge < -0.3 is 15.5 Å². The van der Waals surface area contributed by atoms with Gasteiger partial charge in [0.05, 0.1) is 6.04 Å². The van der Waals surface area contributed by atoms with E-state index in [0.717, 1.165) is 25.3 Å². The lowest BCUT2D eigenvalue weighted by Gasteiger charge is -2.31. The molecule has 1 aliphatic carbocycles. The maximum absolute atomic E-state index is 12.1. The van der Waals surface area contributed by atoms with Crippen LogP contribution in [0.15, 0.2) is 0 Å². The van der Waals surface area contributed by atoms with Gasteiger partial charge in [0, 0.05) is 6.04 Å². The molecule has 4 heteroatoms. The van der Waals surface area contributed by atoms with Crippen molar-refractivity contribution in [3.8, 4) is 0 Å². The van der Waals surface area contributed by atoms with E-state index in [1.807, 2.05) is 6.92 Å². The van der Waals surface area contributed by atoms with Crippen molar-refractivity contribution in [1.29, 1.82) is 0 Å². The Morgan fingerprint density at radius 1 is 1.20 bits per heavy atom. The van der Waals surface area contributed by atoms with Gasteiger partial charge in [-0.15, -0.1) is 0 Å². The maximum atomic E-state index is 12.1. The molecule has 2 N–H and O–H groups in total. The molecule has 0 aromatic rings. The highest BCUT2D eigenvalue weighted by Gasteiger charge is 2.22. The Kier molecular flexibility index (Phi) is 6.30. The number of likely N-dealkylation sites (tertiary alicyclic amines) is 1. The SMILES string of the molecule is CCN1CCC(CNC(C)C(=O)NC2CCCC2)CC1. The number of nitrogens with one attached hydrogen (secondary N) is 2. The van der Waals surface area contributed by atoms with Gasteiger partial charge in [-0.25, -0.2) is 0 Å². The van der Waals surface area contributed by atoms with Crippen molar-refractivity contribution in [3.05, 3.63) is 0 Å². The fourth-order valence-corrected chi connectivity index (χ4v) is 3.34. The number of carbonyl (C=O) groups is 1. The van der Waals surface area contributed by atoms with E-state index < -0.39 is 0 Å². The van der Waals surface area contributed by atoms with Crippen LogP contribution in [0.1, 0.15) is 52.4 Å². The van der Waals surface area contributed by atoms with Crippen LogP contribution in [0.2, 0.25) is 0 Å². The minimum atomic E-state index is -0.0557. The average molecular weight is 281 g/mol. The number of piperidine rings is 1. The molecule has 1 amide bonds. The summed E-state index contributed by atoms with van der Waals surface area (Å²) in [6, 6.07) is 0.374. The van der Waals surface area contributed by atoms with Crippen molar-refractivity contribution >= 4 is 5.91 Å². The number of nitrogens with zero attached hydrogens (tertiary/aromatic N) is 1. The summed E-state index contributed by atoms with van der Waals surface area (Å²) in [5, 5.41) is 6.60. The maximum Gasteiger partial charge on any atom is 0.237 e. The van der Waals surface area contributed by atoms with Crippen LogP contribution in [0, 0.1) is 5.92 Å². The van der Waals surface area contributed by atoms with Crippen LogP contribution < -0.4 is 10.6 Å². The van der Waals surface area contributed by atoms with Crippen LogP contribution >= 0.6 is 0 Å². The summed E-state index contributed by atoms with van der Waals surface area (Å²) in [5.41, 5.74) is 0. The Balaban J connectivity index is 1.61. The molecule has 1 saturated heterocycles. The zero-order valence-electron chi connectivity index (χ0n) is 13.2. The van der Waals surface area contributed by atoms with E-state index in [4.69, 9.17) is 0 Å². The van der Waals surface area contributed by atoms with Gasteiger partial charge in [0.1, 0.15) is 0 Å². The first-order valence-corrected chi connectivity index (χ1v) is 8.45. The second kappa shape index (κ2) is 7.99. The van der Waals surface area contributed by atoms with Gasteiger partial charge in [0.25, 0.3) is 0 Å². The highest BCUT2D eigenvalue weighted by Crippen LogP contribution is 2.18. The third kappa shape index (κ3) is 4.74. The molecular formula is C16H31N3O. The first-order chi connectivity index (χ1) is 9.69. The molecule has 4 nitrogen and oxygen atoms in total. The Hall–Kier alpha value is -0.610. The molecule has 0 spiro atoms. The van der Waals surface area contributed by atoms with Crippen molar-refractivity contribution in [1.82, 2.24) is 15.5 Å². The summed E-state index contributed by atoms with van der Waals surface area (Å²) in [6.45, 7) is 8.80. The van der Waals surface area contributed by atoms with E-state index in [1.54, 1.807) is 0 Å². The van der Waals surface area contributed by atoms with Gasteiger partial charge in [0.2, 0.25) is 5.91 Å². The van der Waals surface area contributed by atoms with E-state index in [-0.39, 0.29) is 11.9 Å². The smallest absolute Gasteiger partial charge is 0.237 e. The topological polar surface area (TPSA) is 44.4 Å². The molecule has 2 rings (SSSR count). The Morgan fingerprint density at radius 3 is 2.45 bits per heavy atom. The molecule has 20 heavy (non-hydrogen) atoms. The molecule has 1 atom stereocenters. The molecule has 2 aliphatic rings. The number of amides is 1. The predicted molar refractivity (Wildman–Crippen MR) is 82.7 cm³/mol. The first-order valence-electron chi connectivity index (χ1n) is 8.45. The van der Waals surface area contributed by atoms with Crippen LogP contribution in [-0.4, -0.2) is 49.1 Å². The van der Waals surface area contributed by atoms with E-state index in [0.29, 0.717) is 6.04 Å². The number of carbonyl (C=O) groups excluding carboxylic acids is 1. The lowest BCUT2D eigenvalue weighted by molar-refractivity contribution is -0.123. The quantitative estimate of drug-likeness (QED) is 0.780. The fourth-order valence-electron chi connectivity index (χ4n) is 3.34. The normalized spacial score (nSPS) is 23.9. The Bertz CT molecular complexity index is 294. The summed E-state index contributed by atoms with van der Waals surface area (Å²) in [7, 11) is 0. The summed E-state index contributed by atoms with van der Waals surface area (Å²) in [6.07, 6.45) is 7.38. The third-order valence-corrected chi connectivity index (χ3v) is 4.96. The zero-order chi connectivity index (χ0) is 14.4. The van der Waals surface area contributed by atoms with Crippen molar-refractivity contribution in [2.24, 2.45) is 5.92 Å². The standard InChI is InChI=1S/C16H31N3O/c1-3-19-10-8-14(9-11-19)12-17-13(2)16(20)18-15-6-4-5-7-15/h13-15,17H,3-12H2,1-2H3,(H,18,20). The summed E-state index contributed by atoms with van der Waals surface area (Å²) in [4.78, 5) is 14.6. The molecule has 2 fully saturated rings. The number of rotatable bonds is 6. The molecule has 0 aromatic carbocycles. The number of hydrogen-bond acceptors (Lipinski definition) is 3. The highest BCUT2D eigenvalue weighted by atomic mass is 16.2. The molecule has 0 aromatic heterocycles. The van der Waals surface area contributed by atoms with Crippen molar-refractivity contribution in [3.63, 3.8) is 0 Å². The molecule has 1 aliphatic heterocycles. The Morgan fingerprint density at radius 2 is 1.85 bits per heavy atom. The zero-order valence-corrected chi connectivity index (χ0v) is 13.2. The van der Waals surface area contributed by atoms with Gasteiger partial charge in [-0.05, 0) is 64.7 Å². The monoisotopic (exact) mass is 281 g/mol. The van der Waals surface area contributed by atoms with Crippen molar-refractivity contribution < 1.29 is 4.79 Å². The number of hydrogen-bond donors (Lipinski definition) is 2. The summed E-state index contributed by atoms with van der Waals surface area (Å²) >= 11 is 0. The molecule has 1 heterocycles. The average Bonchev–Trinajstić information content (AvgIpc) is 2.98. The molecule has 0 radical (unpaired) electrons. The van der Waals surface area contributed by atoms with Crippen molar-refractivity contribution in [2.45, 2.75) is 64.5 Å².